The number of para-hydroxylation sites is 1. The molecule has 0 atom stereocenters. The van der Waals surface area contributed by atoms with Crippen molar-refractivity contribution in [3.05, 3.63) is 53.9 Å². The Bertz CT molecular complexity index is 797. The first-order valence-electron chi connectivity index (χ1n) is 9.97. The van der Waals surface area contributed by atoms with Crippen molar-refractivity contribution in [1.82, 2.24) is 4.98 Å². The van der Waals surface area contributed by atoms with E-state index in [0.717, 1.165) is 5.69 Å². The second-order valence-corrected chi connectivity index (χ2v) is 6.99. The Morgan fingerprint density at radius 3 is 2.50 bits per heavy atom. The van der Waals surface area contributed by atoms with Crippen LogP contribution in [-0.4, -0.2) is 29.5 Å². The minimum absolute atomic E-state index is 0.276. The van der Waals surface area contributed by atoms with Gasteiger partial charge in [-0.3, -0.25) is 4.79 Å². The first-order chi connectivity index (χ1) is 13.7. The number of amides is 1. The minimum Gasteiger partial charge on any atom is -0.462 e. The molecule has 1 aliphatic rings. The van der Waals surface area contributed by atoms with E-state index in [1.807, 2.05) is 6.07 Å². The summed E-state index contributed by atoms with van der Waals surface area (Å²) in [5.74, 6) is -0.827. The standard InChI is InChI=1S/C22H27N3O3/c1-2-28-22(27)18-11-7-8-12-19(18)25-21(26)20-14-13-17(15-23-20)24-16-9-5-3-4-6-10-16/h7-8,11-16,24H,2-6,9-10H2,1H3,(H,25,26). The van der Waals surface area contributed by atoms with Gasteiger partial charge in [0, 0.05) is 6.04 Å². The highest BCUT2D eigenvalue weighted by Crippen LogP contribution is 2.21. The highest BCUT2D eigenvalue weighted by Gasteiger charge is 2.16. The third-order valence-electron chi connectivity index (χ3n) is 4.89. The molecule has 0 spiro atoms. The zero-order chi connectivity index (χ0) is 19.8. The maximum absolute atomic E-state index is 12.5. The lowest BCUT2D eigenvalue weighted by atomic mass is 10.1. The van der Waals surface area contributed by atoms with Crippen molar-refractivity contribution in [2.24, 2.45) is 0 Å². The fourth-order valence-electron chi connectivity index (χ4n) is 3.44. The van der Waals surface area contributed by atoms with Crippen LogP contribution in [0.3, 0.4) is 0 Å². The van der Waals surface area contributed by atoms with E-state index >= 15 is 0 Å². The molecule has 2 N–H and O–H groups in total. The fraction of sp³-hybridized carbons (Fsp3) is 0.409. The molecule has 1 amide bonds. The molecule has 0 unspecified atom stereocenters. The van der Waals surface area contributed by atoms with Crippen LogP contribution in [0.2, 0.25) is 0 Å². The maximum atomic E-state index is 12.5. The Balaban J connectivity index is 1.64. The molecule has 1 aromatic heterocycles. The van der Waals surface area contributed by atoms with Crippen LogP contribution in [0.25, 0.3) is 0 Å². The smallest absolute Gasteiger partial charge is 0.340 e. The highest BCUT2D eigenvalue weighted by molar-refractivity contribution is 6.07. The average Bonchev–Trinajstić information content (AvgIpc) is 2.98. The van der Waals surface area contributed by atoms with Crippen molar-refractivity contribution < 1.29 is 14.3 Å². The summed E-state index contributed by atoms with van der Waals surface area (Å²) in [6.45, 7) is 2.02. The number of hydrogen-bond donors (Lipinski definition) is 2. The zero-order valence-electron chi connectivity index (χ0n) is 16.2. The van der Waals surface area contributed by atoms with Gasteiger partial charge in [0.15, 0.2) is 0 Å². The van der Waals surface area contributed by atoms with Gasteiger partial charge < -0.3 is 15.4 Å². The molecule has 0 saturated heterocycles. The highest BCUT2D eigenvalue weighted by atomic mass is 16.5. The monoisotopic (exact) mass is 381 g/mol. The van der Waals surface area contributed by atoms with Crippen molar-refractivity contribution in [2.45, 2.75) is 51.5 Å². The lowest BCUT2D eigenvalue weighted by Crippen LogP contribution is -2.19. The van der Waals surface area contributed by atoms with E-state index in [1.54, 1.807) is 43.5 Å². The second-order valence-electron chi connectivity index (χ2n) is 6.99. The fourth-order valence-corrected chi connectivity index (χ4v) is 3.44. The van der Waals surface area contributed by atoms with Crippen LogP contribution < -0.4 is 10.6 Å². The SMILES string of the molecule is CCOC(=O)c1ccccc1NC(=O)c1ccc(NC2CCCCCC2)cn1. The van der Waals surface area contributed by atoms with Gasteiger partial charge in [-0.05, 0) is 44.0 Å². The van der Waals surface area contributed by atoms with Gasteiger partial charge in [-0.25, -0.2) is 9.78 Å². The van der Waals surface area contributed by atoms with Crippen molar-refractivity contribution >= 4 is 23.3 Å². The van der Waals surface area contributed by atoms with Crippen LogP contribution in [0.15, 0.2) is 42.6 Å². The summed E-state index contributed by atoms with van der Waals surface area (Å²) in [6, 6.07) is 10.8. The maximum Gasteiger partial charge on any atom is 0.340 e. The number of benzene rings is 1. The van der Waals surface area contributed by atoms with Crippen molar-refractivity contribution in [2.75, 3.05) is 17.2 Å². The molecule has 0 bridgehead atoms. The molecule has 0 radical (unpaired) electrons. The molecule has 1 saturated carbocycles. The lowest BCUT2D eigenvalue weighted by Gasteiger charge is -2.17. The Kier molecular flexibility index (Phi) is 7.00. The van der Waals surface area contributed by atoms with Crippen LogP contribution in [0, 0.1) is 0 Å². The summed E-state index contributed by atoms with van der Waals surface area (Å²) in [6.07, 6.45) is 9.17. The molecular formula is C22H27N3O3. The Morgan fingerprint density at radius 2 is 1.82 bits per heavy atom. The first kappa shape index (κ1) is 19.9. The largest absolute Gasteiger partial charge is 0.462 e. The number of carbonyl (C=O) groups excluding carboxylic acids is 2. The molecule has 3 rings (SSSR count). The van der Waals surface area contributed by atoms with Crippen LogP contribution in [0.4, 0.5) is 11.4 Å². The molecule has 1 heterocycles. The normalized spacial score (nSPS) is 14.8. The zero-order valence-corrected chi connectivity index (χ0v) is 16.2. The quantitative estimate of drug-likeness (QED) is 0.562. The van der Waals surface area contributed by atoms with Crippen LogP contribution >= 0.6 is 0 Å². The van der Waals surface area contributed by atoms with Gasteiger partial charge in [0.05, 0.1) is 29.7 Å². The molecule has 0 aliphatic heterocycles. The topological polar surface area (TPSA) is 80.3 Å². The van der Waals surface area contributed by atoms with E-state index in [-0.39, 0.29) is 12.5 Å². The summed E-state index contributed by atoms with van der Waals surface area (Å²) < 4.78 is 5.04. The molecule has 6 heteroatoms. The Labute approximate surface area is 165 Å². The third kappa shape index (κ3) is 5.31. The molecule has 1 aromatic carbocycles. The van der Waals surface area contributed by atoms with Gasteiger partial charge in [-0.2, -0.15) is 0 Å². The van der Waals surface area contributed by atoms with Crippen LogP contribution in [-0.2, 0) is 4.74 Å². The predicted octanol–water partition coefficient (Wildman–Crippen LogP) is 4.65. The van der Waals surface area contributed by atoms with E-state index in [2.05, 4.69) is 15.6 Å². The molecule has 1 fully saturated rings. The number of aromatic nitrogens is 1. The number of ether oxygens (including phenoxy) is 1. The van der Waals surface area contributed by atoms with E-state index in [1.165, 1.54) is 38.5 Å². The number of hydrogen-bond acceptors (Lipinski definition) is 5. The number of nitrogens with zero attached hydrogens (tertiary/aromatic N) is 1. The summed E-state index contributed by atoms with van der Waals surface area (Å²) in [5.41, 5.74) is 1.96. The molecule has 1 aliphatic carbocycles. The molecule has 28 heavy (non-hydrogen) atoms. The minimum atomic E-state index is -0.464. The van der Waals surface area contributed by atoms with Gasteiger partial charge in [-0.15, -0.1) is 0 Å². The van der Waals surface area contributed by atoms with E-state index in [9.17, 15) is 9.59 Å². The van der Waals surface area contributed by atoms with E-state index in [4.69, 9.17) is 4.74 Å². The number of anilines is 2. The van der Waals surface area contributed by atoms with Gasteiger partial charge >= 0.3 is 5.97 Å². The number of nitrogens with one attached hydrogen (secondary N) is 2. The number of rotatable bonds is 6. The predicted molar refractivity (Wildman–Crippen MR) is 110 cm³/mol. The Hall–Kier alpha value is -2.89. The number of esters is 1. The van der Waals surface area contributed by atoms with Crippen molar-refractivity contribution in [1.29, 1.82) is 0 Å². The van der Waals surface area contributed by atoms with Gasteiger partial charge in [0.2, 0.25) is 0 Å². The van der Waals surface area contributed by atoms with Gasteiger partial charge in [0.1, 0.15) is 5.69 Å². The van der Waals surface area contributed by atoms with Crippen molar-refractivity contribution in [3.63, 3.8) is 0 Å². The van der Waals surface area contributed by atoms with Crippen LogP contribution in [0.5, 0.6) is 0 Å². The van der Waals surface area contributed by atoms with Gasteiger partial charge in [-0.1, -0.05) is 37.8 Å². The summed E-state index contributed by atoms with van der Waals surface area (Å²) in [7, 11) is 0. The van der Waals surface area contributed by atoms with Crippen molar-refractivity contribution in [3.8, 4) is 0 Å². The van der Waals surface area contributed by atoms with E-state index in [0.29, 0.717) is 23.0 Å². The van der Waals surface area contributed by atoms with Crippen LogP contribution in [0.1, 0.15) is 66.3 Å². The summed E-state index contributed by atoms with van der Waals surface area (Å²) in [5, 5.41) is 6.27. The summed E-state index contributed by atoms with van der Waals surface area (Å²) in [4.78, 5) is 28.9. The average molecular weight is 381 g/mol. The number of pyridine rings is 1. The van der Waals surface area contributed by atoms with Gasteiger partial charge in [0.25, 0.3) is 5.91 Å². The summed E-state index contributed by atoms with van der Waals surface area (Å²) >= 11 is 0. The Morgan fingerprint density at radius 1 is 1.07 bits per heavy atom. The van der Waals surface area contributed by atoms with E-state index < -0.39 is 5.97 Å². The molecule has 6 nitrogen and oxygen atoms in total. The second kappa shape index (κ2) is 9.88. The number of carbonyl (C=O) groups is 2. The lowest BCUT2D eigenvalue weighted by molar-refractivity contribution is 0.0527. The first-order valence-corrected chi connectivity index (χ1v) is 9.97. The molecule has 2 aromatic rings. The third-order valence-corrected chi connectivity index (χ3v) is 4.89. The molecule has 148 valence electrons. The molecular weight excluding hydrogens is 354 g/mol.